The maximum atomic E-state index is 11.7. The molecule has 0 atom stereocenters. The van der Waals surface area contributed by atoms with Crippen LogP contribution in [0.2, 0.25) is 5.02 Å². The molecule has 0 amide bonds. The zero-order chi connectivity index (χ0) is 20.7. The first-order valence-corrected chi connectivity index (χ1v) is 11.2. The van der Waals surface area contributed by atoms with Gasteiger partial charge in [0.05, 0.1) is 11.5 Å². The summed E-state index contributed by atoms with van der Waals surface area (Å²) in [6, 6.07) is 10.8. The Balaban J connectivity index is 0.00000420. The highest BCUT2D eigenvalue weighted by Gasteiger charge is 2.11. The van der Waals surface area contributed by atoms with Gasteiger partial charge in [-0.15, -0.1) is 24.0 Å². The van der Waals surface area contributed by atoms with E-state index in [-0.39, 0.29) is 24.0 Å². The summed E-state index contributed by atoms with van der Waals surface area (Å²) in [6.45, 7) is 5.32. The molecular weight excluding hydrogens is 525 g/mol. The normalized spacial score (nSPS) is 11.6. The van der Waals surface area contributed by atoms with E-state index in [2.05, 4.69) is 15.6 Å². The molecule has 0 fully saturated rings. The predicted molar refractivity (Wildman–Crippen MR) is 129 cm³/mol. The van der Waals surface area contributed by atoms with Gasteiger partial charge in [0.25, 0.3) is 0 Å². The number of hydrogen-bond donors (Lipinski definition) is 2. The van der Waals surface area contributed by atoms with Crippen LogP contribution in [-0.4, -0.2) is 34.3 Å². The van der Waals surface area contributed by atoms with Gasteiger partial charge >= 0.3 is 0 Å². The van der Waals surface area contributed by atoms with Crippen LogP contribution >= 0.6 is 35.6 Å². The molecule has 0 saturated carbocycles. The second kappa shape index (κ2) is 11.6. The minimum absolute atomic E-state index is 0. The number of aliphatic imine (C=N–C) groups is 1. The van der Waals surface area contributed by atoms with Crippen LogP contribution in [-0.2, 0) is 22.9 Å². The third-order valence-corrected chi connectivity index (χ3v) is 5.59. The molecule has 2 aromatic carbocycles. The summed E-state index contributed by atoms with van der Waals surface area (Å²) in [4.78, 5) is 4.57. The fourth-order valence-corrected chi connectivity index (χ4v) is 3.91. The van der Waals surface area contributed by atoms with Gasteiger partial charge in [0, 0.05) is 37.0 Å². The molecule has 9 heteroatoms. The van der Waals surface area contributed by atoms with Crippen molar-refractivity contribution in [2.24, 2.45) is 4.99 Å². The van der Waals surface area contributed by atoms with E-state index in [1.807, 2.05) is 25.1 Å². The number of guanidine groups is 1. The van der Waals surface area contributed by atoms with Gasteiger partial charge < -0.3 is 15.4 Å². The number of sulfone groups is 1. The van der Waals surface area contributed by atoms with E-state index in [4.69, 9.17) is 16.3 Å². The monoisotopic (exact) mass is 551 g/mol. The summed E-state index contributed by atoms with van der Waals surface area (Å²) in [5.74, 6) is 1.37. The van der Waals surface area contributed by atoms with Crippen molar-refractivity contribution in [2.45, 2.75) is 31.8 Å². The Hall–Kier alpha value is -1.52. The van der Waals surface area contributed by atoms with Crippen molar-refractivity contribution in [3.05, 3.63) is 58.1 Å². The summed E-state index contributed by atoms with van der Waals surface area (Å²) < 4.78 is 29.1. The lowest BCUT2D eigenvalue weighted by Crippen LogP contribution is -2.36. The fourth-order valence-electron chi connectivity index (χ4n) is 2.79. The lowest BCUT2D eigenvalue weighted by Gasteiger charge is -2.15. The molecule has 2 aromatic rings. The van der Waals surface area contributed by atoms with Crippen LogP contribution in [0.5, 0.6) is 5.75 Å². The molecule has 0 radical (unpaired) electrons. The van der Waals surface area contributed by atoms with Gasteiger partial charge in [0.2, 0.25) is 0 Å². The van der Waals surface area contributed by atoms with Crippen molar-refractivity contribution < 1.29 is 13.2 Å². The molecule has 0 aliphatic heterocycles. The maximum Gasteiger partial charge on any atom is 0.191 e. The third kappa shape index (κ3) is 7.67. The van der Waals surface area contributed by atoms with E-state index in [9.17, 15) is 8.42 Å². The van der Waals surface area contributed by atoms with E-state index < -0.39 is 9.84 Å². The highest BCUT2D eigenvalue weighted by atomic mass is 127. The van der Waals surface area contributed by atoms with Crippen LogP contribution in [0.3, 0.4) is 0 Å². The number of nitrogens with zero attached hydrogens (tertiary/aromatic N) is 1. The van der Waals surface area contributed by atoms with Crippen LogP contribution in [0.4, 0.5) is 0 Å². The molecule has 0 aliphatic rings. The van der Waals surface area contributed by atoms with Gasteiger partial charge in [-0.1, -0.05) is 29.8 Å². The molecule has 160 valence electrons. The standard InChI is InChI=1S/C20H26ClN3O3S.HI/c1-5-27-18-11-17(21)8-7-16(18)13-24-20(22-3)23-12-15-6-9-19(14(2)10-15)28(4,25)26;/h6-11H,5,12-13H2,1-4H3,(H2,22,23,24);1H. The molecule has 2 rings (SSSR count). The minimum Gasteiger partial charge on any atom is -0.493 e. The van der Waals surface area contributed by atoms with Crippen molar-refractivity contribution in [2.75, 3.05) is 19.9 Å². The second-order valence-electron chi connectivity index (χ2n) is 6.34. The molecule has 0 aliphatic carbocycles. The number of ether oxygens (including phenoxy) is 1. The van der Waals surface area contributed by atoms with Gasteiger partial charge in [-0.2, -0.15) is 0 Å². The number of aryl methyl sites for hydroxylation is 1. The molecule has 6 nitrogen and oxygen atoms in total. The van der Waals surface area contributed by atoms with Gasteiger partial charge in [-0.3, -0.25) is 4.99 Å². The molecule has 2 N–H and O–H groups in total. The average Bonchev–Trinajstić information content (AvgIpc) is 2.62. The first kappa shape index (κ1) is 25.5. The molecule has 0 aromatic heterocycles. The second-order valence-corrected chi connectivity index (χ2v) is 8.76. The highest BCUT2D eigenvalue weighted by molar-refractivity contribution is 14.0. The number of hydrogen-bond acceptors (Lipinski definition) is 4. The molecule has 0 unspecified atom stereocenters. The summed E-state index contributed by atoms with van der Waals surface area (Å²) in [6.07, 6.45) is 1.21. The summed E-state index contributed by atoms with van der Waals surface area (Å²) in [5.41, 5.74) is 2.67. The first-order valence-electron chi connectivity index (χ1n) is 8.90. The molecular formula is C20H27ClIN3O3S. The number of halogens is 2. The molecule has 0 heterocycles. The van der Waals surface area contributed by atoms with Crippen molar-refractivity contribution in [1.29, 1.82) is 0 Å². The van der Waals surface area contributed by atoms with Crippen LogP contribution in [0, 0.1) is 6.92 Å². The van der Waals surface area contributed by atoms with Gasteiger partial charge in [0.15, 0.2) is 15.8 Å². The Morgan fingerprint density at radius 2 is 1.83 bits per heavy atom. The Morgan fingerprint density at radius 3 is 2.41 bits per heavy atom. The maximum absolute atomic E-state index is 11.7. The molecule has 29 heavy (non-hydrogen) atoms. The van der Waals surface area contributed by atoms with E-state index in [1.54, 1.807) is 32.2 Å². The fraction of sp³-hybridized carbons (Fsp3) is 0.350. The van der Waals surface area contributed by atoms with E-state index in [0.717, 1.165) is 22.4 Å². The Bertz CT molecular complexity index is 965. The lowest BCUT2D eigenvalue weighted by atomic mass is 10.1. The van der Waals surface area contributed by atoms with Crippen LogP contribution in [0.1, 0.15) is 23.6 Å². The zero-order valence-corrected chi connectivity index (χ0v) is 20.9. The SMILES string of the molecule is CCOc1cc(Cl)ccc1CNC(=NC)NCc1ccc(S(C)(=O)=O)c(C)c1.I. The zero-order valence-electron chi connectivity index (χ0n) is 17.0. The Kier molecular flexibility index (Phi) is 10.2. The summed E-state index contributed by atoms with van der Waals surface area (Å²) >= 11 is 6.04. The number of benzene rings is 2. The predicted octanol–water partition coefficient (Wildman–Crippen LogP) is 3.93. The Labute approximate surface area is 195 Å². The number of rotatable bonds is 7. The molecule has 0 bridgehead atoms. The van der Waals surface area contributed by atoms with E-state index in [1.165, 1.54) is 6.26 Å². The largest absolute Gasteiger partial charge is 0.493 e. The molecule has 0 spiro atoms. The summed E-state index contributed by atoms with van der Waals surface area (Å²) in [7, 11) is -1.52. The smallest absolute Gasteiger partial charge is 0.191 e. The highest BCUT2D eigenvalue weighted by Crippen LogP contribution is 2.23. The van der Waals surface area contributed by atoms with Gasteiger partial charge in [-0.05, 0) is 43.2 Å². The average molecular weight is 552 g/mol. The van der Waals surface area contributed by atoms with Crippen molar-refractivity contribution in [3.8, 4) is 5.75 Å². The summed E-state index contributed by atoms with van der Waals surface area (Å²) in [5, 5.41) is 7.10. The minimum atomic E-state index is -3.22. The van der Waals surface area contributed by atoms with Crippen molar-refractivity contribution >= 4 is 51.4 Å². The van der Waals surface area contributed by atoms with Crippen LogP contribution in [0.15, 0.2) is 46.3 Å². The van der Waals surface area contributed by atoms with Crippen molar-refractivity contribution in [1.82, 2.24) is 10.6 Å². The Morgan fingerprint density at radius 1 is 1.14 bits per heavy atom. The lowest BCUT2D eigenvalue weighted by molar-refractivity contribution is 0.336. The van der Waals surface area contributed by atoms with Crippen LogP contribution < -0.4 is 15.4 Å². The molecule has 0 saturated heterocycles. The number of nitrogens with one attached hydrogen (secondary N) is 2. The van der Waals surface area contributed by atoms with Gasteiger partial charge in [0.1, 0.15) is 5.75 Å². The topological polar surface area (TPSA) is 79.8 Å². The van der Waals surface area contributed by atoms with Crippen molar-refractivity contribution in [3.63, 3.8) is 0 Å². The van der Waals surface area contributed by atoms with Gasteiger partial charge in [-0.25, -0.2) is 8.42 Å². The first-order chi connectivity index (χ1) is 13.2. The quantitative estimate of drug-likeness (QED) is 0.310. The third-order valence-electron chi connectivity index (χ3n) is 4.10. The van der Waals surface area contributed by atoms with E-state index in [0.29, 0.717) is 35.6 Å². The van der Waals surface area contributed by atoms with E-state index >= 15 is 0 Å². The van der Waals surface area contributed by atoms with Crippen LogP contribution in [0.25, 0.3) is 0 Å².